The summed E-state index contributed by atoms with van der Waals surface area (Å²) < 4.78 is 9.07. The van der Waals surface area contributed by atoms with Crippen molar-refractivity contribution >= 4 is 38.9 Å². The number of aryl methyl sites for hydroxylation is 2. The Kier molecular flexibility index (Phi) is 7.76. The van der Waals surface area contributed by atoms with Crippen LogP contribution in [0.1, 0.15) is 46.7 Å². The van der Waals surface area contributed by atoms with E-state index in [1.807, 2.05) is 18.3 Å². The minimum absolute atomic E-state index is 0.00664. The standard InChI is InChI=1S/C28H34BrN5OS/c1-19-17-22(8-9-24(19)29)34-27(26(31-28(34)36)25-7-4-5-10-30-25)23-18-20(2)33(21(23)3)12-6-11-32-13-15-35-16-14-32/h4-5,7-10,17-18,26-27H,6,11-16H2,1-3H3,(H,31,36)/t26-,27-/m1/s1. The van der Waals surface area contributed by atoms with Gasteiger partial charge in [-0.05, 0) is 86.9 Å². The monoisotopic (exact) mass is 567 g/mol. The number of hydrogen-bond donors (Lipinski definition) is 1. The minimum Gasteiger partial charge on any atom is -0.379 e. The van der Waals surface area contributed by atoms with Crippen LogP contribution in [-0.2, 0) is 11.3 Å². The molecule has 36 heavy (non-hydrogen) atoms. The minimum atomic E-state index is -0.0371. The molecular formula is C28H34BrN5OS. The Bertz CT molecular complexity index is 1220. The summed E-state index contributed by atoms with van der Waals surface area (Å²) >= 11 is 9.58. The molecule has 190 valence electrons. The van der Waals surface area contributed by atoms with Gasteiger partial charge in [-0.1, -0.05) is 22.0 Å². The molecule has 2 saturated heterocycles. The predicted molar refractivity (Wildman–Crippen MR) is 153 cm³/mol. The number of thiocarbonyl (C=S) groups is 1. The zero-order valence-corrected chi connectivity index (χ0v) is 23.6. The number of pyridine rings is 1. The SMILES string of the molecule is Cc1cc(N2C(=S)N[C@H](c3ccccn3)[C@H]2c2cc(C)n(CCCN3CCOCC3)c2C)ccc1Br. The third-order valence-corrected chi connectivity index (χ3v) is 8.61. The van der Waals surface area contributed by atoms with Crippen LogP contribution in [0.15, 0.2) is 53.1 Å². The summed E-state index contributed by atoms with van der Waals surface area (Å²) in [6, 6.07) is 14.9. The predicted octanol–water partition coefficient (Wildman–Crippen LogP) is 5.47. The summed E-state index contributed by atoms with van der Waals surface area (Å²) in [5.41, 5.74) is 7.15. The number of ether oxygens (including phenoxy) is 1. The average molecular weight is 569 g/mol. The molecule has 6 nitrogen and oxygen atoms in total. The molecule has 8 heteroatoms. The molecule has 0 saturated carbocycles. The van der Waals surface area contributed by atoms with Crippen LogP contribution < -0.4 is 10.2 Å². The molecule has 0 amide bonds. The second kappa shape index (κ2) is 11.0. The Labute approximate surface area is 227 Å². The van der Waals surface area contributed by atoms with Gasteiger partial charge in [-0.15, -0.1) is 0 Å². The number of aromatic nitrogens is 2. The highest BCUT2D eigenvalue weighted by molar-refractivity contribution is 9.10. The van der Waals surface area contributed by atoms with E-state index in [1.54, 1.807) is 0 Å². The van der Waals surface area contributed by atoms with Gasteiger partial charge >= 0.3 is 0 Å². The van der Waals surface area contributed by atoms with Crippen LogP contribution in [-0.4, -0.2) is 52.4 Å². The lowest BCUT2D eigenvalue weighted by Crippen LogP contribution is -2.37. The van der Waals surface area contributed by atoms with Crippen LogP contribution in [0.4, 0.5) is 5.69 Å². The molecule has 2 aliphatic heterocycles. The molecule has 2 fully saturated rings. The van der Waals surface area contributed by atoms with Crippen LogP contribution in [0.25, 0.3) is 0 Å². The molecule has 2 aromatic heterocycles. The average Bonchev–Trinajstić information content (AvgIpc) is 3.37. The molecule has 2 aliphatic rings. The van der Waals surface area contributed by atoms with E-state index in [0.29, 0.717) is 0 Å². The molecule has 0 bridgehead atoms. The Balaban J connectivity index is 1.48. The number of hydrogen-bond acceptors (Lipinski definition) is 4. The summed E-state index contributed by atoms with van der Waals surface area (Å²) in [5, 5.41) is 4.33. The first-order valence-electron chi connectivity index (χ1n) is 12.7. The third-order valence-electron chi connectivity index (χ3n) is 7.41. The van der Waals surface area contributed by atoms with Crippen molar-refractivity contribution in [2.45, 2.75) is 45.8 Å². The summed E-state index contributed by atoms with van der Waals surface area (Å²) in [4.78, 5) is 9.49. The highest BCUT2D eigenvalue weighted by Crippen LogP contribution is 2.43. The van der Waals surface area contributed by atoms with Crippen molar-refractivity contribution < 1.29 is 4.74 Å². The number of benzene rings is 1. The molecule has 4 heterocycles. The second-order valence-electron chi connectivity index (χ2n) is 9.72. The number of rotatable bonds is 7. The van der Waals surface area contributed by atoms with E-state index >= 15 is 0 Å². The number of morpholine rings is 1. The van der Waals surface area contributed by atoms with Crippen LogP contribution in [0.3, 0.4) is 0 Å². The van der Waals surface area contributed by atoms with Gasteiger partial charge in [0.1, 0.15) is 0 Å². The molecular weight excluding hydrogens is 534 g/mol. The Morgan fingerprint density at radius 2 is 1.89 bits per heavy atom. The van der Waals surface area contributed by atoms with Gasteiger partial charge in [0.15, 0.2) is 5.11 Å². The molecule has 0 unspecified atom stereocenters. The fourth-order valence-electron chi connectivity index (χ4n) is 5.48. The van der Waals surface area contributed by atoms with Crippen molar-refractivity contribution in [3.05, 3.63) is 81.3 Å². The van der Waals surface area contributed by atoms with Gasteiger partial charge in [-0.2, -0.15) is 0 Å². The molecule has 0 spiro atoms. The van der Waals surface area contributed by atoms with Gasteiger partial charge in [-0.25, -0.2) is 0 Å². The second-order valence-corrected chi connectivity index (χ2v) is 11.0. The molecule has 2 atom stereocenters. The quantitative estimate of drug-likeness (QED) is 0.382. The van der Waals surface area contributed by atoms with Gasteiger partial charge in [0, 0.05) is 53.9 Å². The van der Waals surface area contributed by atoms with Gasteiger partial charge in [0.05, 0.1) is 31.0 Å². The fourth-order valence-corrected chi connectivity index (χ4v) is 6.07. The van der Waals surface area contributed by atoms with Gasteiger partial charge in [-0.3, -0.25) is 9.88 Å². The lowest BCUT2D eigenvalue weighted by atomic mass is 9.96. The topological polar surface area (TPSA) is 45.6 Å². The molecule has 0 radical (unpaired) electrons. The van der Waals surface area contributed by atoms with Crippen molar-refractivity contribution in [1.82, 2.24) is 19.8 Å². The number of halogens is 1. The van der Waals surface area contributed by atoms with E-state index in [-0.39, 0.29) is 12.1 Å². The summed E-state index contributed by atoms with van der Waals surface area (Å²) in [5.74, 6) is 0. The first-order valence-corrected chi connectivity index (χ1v) is 13.9. The van der Waals surface area contributed by atoms with Crippen LogP contribution in [0.5, 0.6) is 0 Å². The van der Waals surface area contributed by atoms with E-state index in [2.05, 4.69) is 86.7 Å². The molecule has 1 aromatic carbocycles. The number of nitrogens with one attached hydrogen (secondary N) is 1. The lowest BCUT2D eigenvalue weighted by Gasteiger charge is -2.29. The van der Waals surface area contributed by atoms with Gasteiger partial charge in [0.2, 0.25) is 0 Å². The van der Waals surface area contributed by atoms with Crippen molar-refractivity contribution in [1.29, 1.82) is 0 Å². The molecule has 1 N–H and O–H groups in total. The summed E-state index contributed by atoms with van der Waals surface area (Å²) in [7, 11) is 0. The van der Waals surface area contributed by atoms with Gasteiger partial charge in [0.25, 0.3) is 0 Å². The third kappa shape index (κ3) is 5.09. The fraction of sp³-hybridized carbons (Fsp3) is 0.429. The zero-order valence-electron chi connectivity index (χ0n) is 21.2. The molecule has 3 aromatic rings. The van der Waals surface area contributed by atoms with E-state index in [9.17, 15) is 0 Å². The Hall–Kier alpha value is -2.26. The van der Waals surface area contributed by atoms with Gasteiger partial charge < -0.3 is 19.5 Å². The van der Waals surface area contributed by atoms with Crippen molar-refractivity contribution in [2.24, 2.45) is 0 Å². The maximum Gasteiger partial charge on any atom is 0.174 e. The Morgan fingerprint density at radius 3 is 2.61 bits per heavy atom. The Morgan fingerprint density at radius 1 is 1.08 bits per heavy atom. The zero-order chi connectivity index (χ0) is 25.2. The largest absolute Gasteiger partial charge is 0.379 e. The van der Waals surface area contributed by atoms with E-state index in [0.717, 1.165) is 66.8 Å². The van der Waals surface area contributed by atoms with Crippen molar-refractivity contribution in [2.75, 3.05) is 37.7 Å². The molecule has 0 aliphatic carbocycles. The first-order chi connectivity index (χ1) is 17.4. The van der Waals surface area contributed by atoms with Crippen molar-refractivity contribution in [3.8, 4) is 0 Å². The van der Waals surface area contributed by atoms with E-state index in [4.69, 9.17) is 21.9 Å². The molecule has 5 rings (SSSR count). The first kappa shape index (κ1) is 25.4. The highest BCUT2D eigenvalue weighted by Gasteiger charge is 2.42. The smallest absolute Gasteiger partial charge is 0.174 e. The lowest BCUT2D eigenvalue weighted by molar-refractivity contribution is 0.0369. The highest BCUT2D eigenvalue weighted by atomic mass is 79.9. The number of anilines is 1. The number of nitrogens with zero attached hydrogens (tertiary/aromatic N) is 4. The van der Waals surface area contributed by atoms with E-state index < -0.39 is 0 Å². The maximum atomic E-state index is 5.93. The van der Waals surface area contributed by atoms with Crippen LogP contribution >= 0.6 is 28.1 Å². The van der Waals surface area contributed by atoms with Crippen molar-refractivity contribution in [3.63, 3.8) is 0 Å². The van der Waals surface area contributed by atoms with Crippen LogP contribution in [0, 0.1) is 20.8 Å². The summed E-state index contributed by atoms with van der Waals surface area (Å²) in [6.45, 7) is 12.5. The summed E-state index contributed by atoms with van der Waals surface area (Å²) in [6.07, 6.45) is 2.98. The van der Waals surface area contributed by atoms with E-state index in [1.165, 1.54) is 22.5 Å². The normalized spacial score (nSPS) is 20.7. The van der Waals surface area contributed by atoms with Crippen LogP contribution in [0.2, 0.25) is 0 Å². The maximum absolute atomic E-state index is 5.93.